The Morgan fingerprint density at radius 2 is 2.38 bits per heavy atom. The summed E-state index contributed by atoms with van der Waals surface area (Å²) in [7, 11) is 0. The fourth-order valence-electron chi connectivity index (χ4n) is 0.855. The van der Waals surface area contributed by atoms with Gasteiger partial charge in [0, 0.05) is 12.1 Å². The molecule has 5 heteroatoms. The largest absolute Gasteiger partial charge is 0.459 e. The number of furan rings is 1. The van der Waals surface area contributed by atoms with Crippen molar-refractivity contribution in [2.45, 2.75) is 11.8 Å². The molecule has 0 saturated carbocycles. The van der Waals surface area contributed by atoms with Crippen LogP contribution in [0.4, 0.5) is 0 Å². The molecule has 1 rings (SSSR count). The Morgan fingerprint density at radius 3 is 2.85 bits per heavy atom. The van der Waals surface area contributed by atoms with Gasteiger partial charge in [-0.2, -0.15) is 0 Å². The quantitative estimate of drug-likeness (QED) is 0.796. The van der Waals surface area contributed by atoms with Gasteiger partial charge in [-0.3, -0.25) is 4.79 Å². The normalized spacial score (nSPS) is 10.5. The molecule has 0 aliphatic rings. The van der Waals surface area contributed by atoms with Crippen molar-refractivity contribution in [3.63, 3.8) is 0 Å². The Hall–Kier alpha value is -0.670. The van der Waals surface area contributed by atoms with Crippen molar-refractivity contribution in [2.24, 2.45) is 0 Å². The molecular weight excluding hydrogens is 213 g/mol. The van der Waals surface area contributed by atoms with Crippen molar-refractivity contribution in [2.75, 3.05) is 6.54 Å². The molecule has 1 amide bonds. The molecule has 0 bridgehead atoms. The first-order chi connectivity index (χ1) is 6.11. The molecule has 0 saturated heterocycles. The van der Waals surface area contributed by atoms with E-state index in [1.54, 1.807) is 13.0 Å². The standard InChI is InChI=1S/C8H9Cl2NO2/c1-5-2-3-13-7(5)8(12)11-4-6(9)10/h2-3,6H,4H2,1H3,(H,11,12). The molecule has 1 N–H and O–H groups in total. The summed E-state index contributed by atoms with van der Waals surface area (Å²) in [6.45, 7) is 2.00. The molecule has 72 valence electrons. The number of rotatable bonds is 3. The number of hydrogen-bond donors (Lipinski definition) is 1. The van der Waals surface area contributed by atoms with Gasteiger partial charge in [0.05, 0.1) is 6.26 Å². The summed E-state index contributed by atoms with van der Waals surface area (Å²) < 4.78 is 4.96. The number of nitrogens with one attached hydrogen (secondary N) is 1. The lowest BCUT2D eigenvalue weighted by Crippen LogP contribution is -2.27. The van der Waals surface area contributed by atoms with Gasteiger partial charge in [0.25, 0.3) is 5.91 Å². The van der Waals surface area contributed by atoms with E-state index in [9.17, 15) is 4.79 Å². The Balaban J connectivity index is 2.54. The molecule has 1 aromatic rings. The van der Waals surface area contributed by atoms with Crippen LogP contribution in [0.25, 0.3) is 0 Å². The van der Waals surface area contributed by atoms with Crippen LogP contribution in [0.15, 0.2) is 16.7 Å². The summed E-state index contributed by atoms with van der Waals surface area (Å²) in [5.74, 6) is 0.00258. The van der Waals surface area contributed by atoms with Gasteiger partial charge in [-0.1, -0.05) is 0 Å². The zero-order valence-electron chi connectivity index (χ0n) is 7.01. The first-order valence-electron chi connectivity index (χ1n) is 3.71. The molecular formula is C8H9Cl2NO2. The summed E-state index contributed by atoms with van der Waals surface area (Å²) in [5, 5.41) is 2.53. The van der Waals surface area contributed by atoms with E-state index in [1.165, 1.54) is 6.26 Å². The highest BCUT2D eigenvalue weighted by Crippen LogP contribution is 2.08. The first kappa shape index (κ1) is 10.4. The van der Waals surface area contributed by atoms with Crippen molar-refractivity contribution < 1.29 is 9.21 Å². The van der Waals surface area contributed by atoms with E-state index in [4.69, 9.17) is 27.6 Å². The predicted molar refractivity (Wildman–Crippen MR) is 51.3 cm³/mol. The number of aryl methyl sites for hydroxylation is 1. The van der Waals surface area contributed by atoms with Gasteiger partial charge in [0.1, 0.15) is 4.84 Å². The number of halogens is 2. The summed E-state index contributed by atoms with van der Waals surface area (Å²) in [4.78, 5) is 10.7. The lowest BCUT2D eigenvalue weighted by Gasteiger charge is -2.03. The third-order valence-corrected chi connectivity index (χ3v) is 1.79. The van der Waals surface area contributed by atoms with E-state index in [0.29, 0.717) is 5.76 Å². The maximum atomic E-state index is 11.3. The number of carbonyl (C=O) groups excluding carboxylic acids is 1. The van der Waals surface area contributed by atoms with Crippen LogP contribution in [0.2, 0.25) is 0 Å². The van der Waals surface area contributed by atoms with Gasteiger partial charge in [-0.15, -0.1) is 23.2 Å². The number of carbonyl (C=O) groups is 1. The van der Waals surface area contributed by atoms with Crippen LogP contribution < -0.4 is 5.32 Å². The van der Waals surface area contributed by atoms with Gasteiger partial charge in [0.2, 0.25) is 0 Å². The van der Waals surface area contributed by atoms with E-state index in [2.05, 4.69) is 5.32 Å². The van der Waals surface area contributed by atoms with Crippen molar-refractivity contribution in [1.29, 1.82) is 0 Å². The van der Waals surface area contributed by atoms with Gasteiger partial charge >= 0.3 is 0 Å². The highest BCUT2D eigenvalue weighted by atomic mass is 35.5. The van der Waals surface area contributed by atoms with Gasteiger partial charge in [-0.25, -0.2) is 0 Å². The molecule has 13 heavy (non-hydrogen) atoms. The van der Waals surface area contributed by atoms with E-state index < -0.39 is 4.84 Å². The molecule has 0 spiro atoms. The van der Waals surface area contributed by atoms with E-state index in [-0.39, 0.29) is 12.5 Å². The molecule has 0 fully saturated rings. The summed E-state index contributed by atoms with van der Waals surface area (Å²) in [6.07, 6.45) is 1.46. The van der Waals surface area contributed by atoms with Gasteiger partial charge in [-0.05, 0) is 13.0 Å². The van der Waals surface area contributed by atoms with Crippen LogP contribution in [0.3, 0.4) is 0 Å². The number of hydrogen-bond acceptors (Lipinski definition) is 2. The second-order valence-electron chi connectivity index (χ2n) is 2.53. The molecule has 0 unspecified atom stereocenters. The van der Waals surface area contributed by atoms with Crippen LogP contribution in [0.5, 0.6) is 0 Å². The first-order valence-corrected chi connectivity index (χ1v) is 4.59. The minimum absolute atomic E-state index is 0.210. The second kappa shape index (κ2) is 4.53. The van der Waals surface area contributed by atoms with Crippen LogP contribution in [-0.2, 0) is 0 Å². The Morgan fingerprint density at radius 1 is 1.69 bits per heavy atom. The SMILES string of the molecule is Cc1ccoc1C(=O)NCC(Cl)Cl. The average molecular weight is 222 g/mol. The predicted octanol–water partition coefficient (Wildman–Crippen LogP) is 2.12. The number of amides is 1. The maximum Gasteiger partial charge on any atom is 0.287 e. The average Bonchev–Trinajstić information content (AvgIpc) is 2.47. The summed E-state index contributed by atoms with van der Waals surface area (Å²) >= 11 is 10.9. The monoisotopic (exact) mass is 221 g/mol. The Kier molecular flexibility index (Phi) is 3.63. The molecule has 1 heterocycles. The maximum absolute atomic E-state index is 11.3. The lowest BCUT2D eigenvalue weighted by atomic mass is 10.3. The number of alkyl halides is 2. The molecule has 3 nitrogen and oxygen atoms in total. The topological polar surface area (TPSA) is 42.2 Å². The highest BCUT2D eigenvalue weighted by molar-refractivity contribution is 6.44. The Bertz CT molecular complexity index is 296. The fourth-order valence-corrected chi connectivity index (χ4v) is 1.01. The molecule has 0 aromatic carbocycles. The van der Waals surface area contributed by atoms with Gasteiger partial charge < -0.3 is 9.73 Å². The van der Waals surface area contributed by atoms with Crippen molar-refractivity contribution in [3.8, 4) is 0 Å². The van der Waals surface area contributed by atoms with Crippen LogP contribution >= 0.6 is 23.2 Å². The molecule has 0 atom stereocenters. The van der Waals surface area contributed by atoms with Crippen LogP contribution in [0.1, 0.15) is 16.1 Å². The smallest absolute Gasteiger partial charge is 0.287 e. The fraction of sp³-hybridized carbons (Fsp3) is 0.375. The third kappa shape index (κ3) is 2.94. The minimum atomic E-state index is -0.598. The van der Waals surface area contributed by atoms with Crippen molar-refractivity contribution >= 4 is 29.1 Å². The molecule has 0 aliphatic carbocycles. The van der Waals surface area contributed by atoms with E-state index >= 15 is 0 Å². The van der Waals surface area contributed by atoms with Crippen LogP contribution in [-0.4, -0.2) is 17.3 Å². The lowest BCUT2D eigenvalue weighted by molar-refractivity contribution is 0.0926. The van der Waals surface area contributed by atoms with E-state index in [0.717, 1.165) is 5.56 Å². The van der Waals surface area contributed by atoms with Gasteiger partial charge in [0.15, 0.2) is 5.76 Å². The molecule has 1 aromatic heterocycles. The minimum Gasteiger partial charge on any atom is -0.459 e. The second-order valence-corrected chi connectivity index (χ2v) is 3.81. The molecule has 0 aliphatic heterocycles. The Labute approximate surface area is 86.0 Å². The van der Waals surface area contributed by atoms with E-state index in [1.807, 2.05) is 0 Å². The third-order valence-electron chi connectivity index (χ3n) is 1.49. The zero-order valence-corrected chi connectivity index (χ0v) is 8.52. The summed E-state index contributed by atoms with van der Waals surface area (Å²) in [5.41, 5.74) is 0.790. The van der Waals surface area contributed by atoms with Crippen LogP contribution in [0, 0.1) is 6.92 Å². The highest BCUT2D eigenvalue weighted by Gasteiger charge is 2.12. The zero-order chi connectivity index (χ0) is 9.84. The van der Waals surface area contributed by atoms with Crippen molar-refractivity contribution in [1.82, 2.24) is 5.32 Å². The van der Waals surface area contributed by atoms with Crippen molar-refractivity contribution in [3.05, 3.63) is 23.7 Å². The summed E-state index contributed by atoms with van der Waals surface area (Å²) in [6, 6.07) is 1.72. The molecule has 0 radical (unpaired) electrons.